The van der Waals surface area contributed by atoms with Gasteiger partial charge in [-0.05, 0) is 48.3 Å². The molecule has 4 atom stereocenters. The van der Waals surface area contributed by atoms with Crippen molar-refractivity contribution in [3.8, 4) is 6.07 Å². The molecule has 2 aromatic carbocycles. The molecular weight excluding hydrogens is 386 g/mol. The molecule has 0 N–H and O–H groups in total. The Bertz CT molecular complexity index is 1010. The second kappa shape index (κ2) is 8.08. The first-order valence-corrected chi connectivity index (χ1v) is 12.0. The Kier molecular flexibility index (Phi) is 5.64. The minimum Gasteiger partial charge on any atom is -0.298 e. The number of allylic oxidation sites excluding steroid dienone is 2. The molecule has 0 spiro atoms. The van der Waals surface area contributed by atoms with Crippen LogP contribution in [0.25, 0.3) is 11.1 Å². The zero-order chi connectivity index (χ0) is 21.4. The molecule has 4 rings (SSSR count). The second-order valence-corrected chi connectivity index (χ2v) is 10.1. The number of nitriles is 1. The van der Waals surface area contributed by atoms with Crippen LogP contribution in [0, 0.1) is 28.1 Å². The van der Waals surface area contributed by atoms with E-state index >= 15 is 0 Å². The van der Waals surface area contributed by atoms with Gasteiger partial charge in [-0.15, -0.1) is 0 Å². The van der Waals surface area contributed by atoms with E-state index < -0.39 is 10.8 Å². The van der Waals surface area contributed by atoms with Crippen molar-refractivity contribution in [2.75, 3.05) is 5.75 Å². The highest BCUT2D eigenvalue weighted by Crippen LogP contribution is 2.71. The minimum absolute atomic E-state index is 0.0143. The third kappa shape index (κ3) is 2.88. The van der Waals surface area contributed by atoms with Gasteiger partial charge in [0.1, 0.15) is 0 Å². The number of fused-ring (bicyclic) bond motifs is 2. The number of Topliss-reactive ketones (excluding diaryl/α,β-unsaturated/α-hetero) is 1. The van der Waals surface area contributed by atoms with E-state index in [2.05, 4.69) is 44.2 Å². The van der Waals surface area contributed by atoms with Crippen molar-refractivity contribution in [3.05, 3.63) is 71.8 Å². The Morgan fingerprint density at radius 3 is 1.93 bits per heavy atom. The Hall–Kier alpha value is -2.31. The number of ketones is 1. The van der Waals surface area contributed by atoms with E-state index in [0.29, 0.717) is 0 Å². The molecule has 30 heavy (non-hydrogen) atoms. The summed E-state index contributed by atoms with van der Waals surface area (Å²) in [5.74, 6) is 0.898. The summed E-state index contributed by atoms with van der Waals surface area (Å²) in [4.78, 5) is 14.0. The molecule has 1 unspecified atom stereocenters. The molecule has 0 aliphatic heterocycles. The predicted octanol–water partition coefficient (Wildman–Crippen LogP) is 6.64. The van der Waals surface area contributed by atoms with E-state index in [1.54, 1.807) is 0 Å². The fourth-order valence-electron chi connectivity index (χ4n) is 5.61. The highest BCUT2D eigenvalue weighted by Gasteiger charge is 2.72. The summed E-state index contributed by atoms with van der Waals surface area (Å²) in [6.07, 6.45) is 3.50. The van der Waals surface area contributed by atoms with Crippen LogP contribution in [0.5, 0.6) is 0 Å². The molecule has 1 fully saturated rings. The lowest BCUT2D eigenvalue weighted by molar-refractivity contribution is -0.127. The molecule has 1 saturated carbocycles. The summed E-state index contributed by atoms with van der Waals surface area (Å²) in [5.41, 5.74) is 2.91. The number of rotatable bonds is 7. The van der Waals surface area contributed by atoms with Gasteiger partial charge < -0.3 is 0 Å². The average molecular weight is 416 g/mol. The number of hydrogen-bond acceptors (Lipinski definition) is 3. The van der Waals surface area contributed by atoms with Crippen molar-refractivity contribution >= 4 is 28.7 Å². The molecule has 0 aromatic heterocycles. The lowest BCUT2D eigenvalue weighted by Crippen LogP contribution is -2.35. The Morgan fingerprint density at radius 1 is 0.900 bits per heavy atom. The highest BCUT2D eigenvalue weighted by atomic mass is 32.2. The molecule has 2 aromatic rings. The second-order valence-electron chi connectivity index (χ2n) is 8.82. The quantitative estimate of drug-likeness (QED) is 0.476. The van der Waals surface area contributed by atoms with Crippen LogP contribution in [0.3, 0.4) is 0 Å². The van der Waals surface area contributed by atoms with Gasteiger partial charge in [0.2, 0.25) is 0 Å². The molecule has 2 bridgehead atoms. The van der Waals surface area contributed by atoms with Crippen LogP contribution in [-0.2, 0) is 4.79 Å². The van der Waals surface area contributed by atoms with Crippen LogP contribution in [0.4, 0.5) is 0 Å². The van der Waals surface area contributed by atoms with Crippen LogP contribution >= 0.6 is 11.8 Å². The smallest absolute Gasteiger partial charge is 0.155 e. The molecule has 3 heteroatoms. The number of benzene rings is 2. The van der Waals surface area contributed by atoms with Crippen molar-refractivity contribution in [1.82, 2.24) is 0 Å². The van der Waals surface area contributed by atoms with Crippen LogP contribution in [0.2, 0.25) is 0 Å². The van der Waals surface area contributed by atoms with Gasteiger partial charge in [-0.25, -0.2) is 0 Å². The fraction of sp³-hybridized carbons (Fsp3) is 0.407. The van der Waals surface area contributed by atoms with Crippen molar-refractivity contribution in [2.24, 2.45) is 16.7 Å². The van der Waals surface area contributed by atoms with Gasteiger partial charge in [0.15, 0.2) is 5.78 Å². The van der Waals surface area contributed by atoms with Crippen molar-refractivity contribution < 1.29 is 4.79 Å². The monoisotopic (exact) mass is 415 g/mol. The Morgan fingerprint density at radius 2 is 1.43 bits per heavy atom. The predicted molar refractivity (Wildman–Crippen MR) is 126 cm³/mol. The normalized spacial score (nSPS) is 30.0. The molecule has 0 saturated heterocycles. The molecule has 154 valence electrons. The van der Waals surface area contributed by atoms with Crippen LogP contribution in [-0.4, -0.2) is 16.8 Å². The molecule has 0 heterocycles. The van der Waals surface area contributed by atoms with E-state index in [0.717, 1.165) is 34.4 Å². The van der Waals surface area contributed by atoms with Gasteiger partial charge in [-0.2, -0.15) is 17.0 Å². The zero-order valence-electron chi connectivity index (χ0n) is 18.0. The third-order valence-electron chi connectivity index (χ3n) is 7.04. The minimum atomic E-state index is -0.779. The Labute approximate surface area is 184 Å². The van der Waals surface area contributed by atoms with E-state index in [1.807, 2.05) is 55.1 Å². The molecule has 2 nitrogen and oxygen atoms in total. The molecule has 2 aliphatic rings. The van der Waals surface area contributed by atoms with Crippen molar-refractivity contribution in [2.45, 2.75) is 45.3 Å². The SMILES string of the molecule is CCCCCS[C@H]1C(C#N)[C@]2(C)C(=O)[C@]1(C)C(c1ccccc1)=C2c1ccccc1. The first kappa shape index (κ1) is 20.9. The van der Waals surface area contributed by atoms with Gasteiger partial charge in [0.05, 0.1) is 22.8 Å². The zero-order valence-corrected chi connectivity index (χ0v) is 18.8. The van der Waals surface area contributed by atoms with Gasteiger partial charge in [-0.3, -0.25) is 4.79 Å². The summed E-state index contributed by atoms with van der Waals surface area (Å²) in [6.45, 7) is 6.32. The first-order valence-electron chi connectivity index (χ1n) is 10.9. The molecular formula is C27H29NOS. The largest absolute Gasteiger partial charge is 0.298 e. The molecule has 0 radical (unpaired) electrons. The number of unbranched alkanes of at least 4 members (excludes halogenated alkanes) is 2. The van der Waals surface area contributed by atoms with Crippen molar-refractivity contribution in [3.63, 3.8) is 0 Å². The third-order valence-corrected chi connectivity index (χ3v) is 8.66. The topological polar surface area (TPSA) is 40.9 Å². The maximum absolute atomic E-state index is 14.0. The first-order chi connectivity index (χ1) is 14.5. The number of nitrogens with zero attached hydrogens (tertiary/aromatic N) is 1. The standard InChI is InChI=1S/C27H29NOS/c1-4-5-12-17-30-24-21(18-28)26(2)22(19-13-8-6-9-14-19)23(27(24,3)25(26)29)20-15-10-7-11-16-20/h6-11,13-16,21,24H,4-5,12,17H2,1-3H3/t21?,24-,26-,27+/m0/s1. The molecule has 2 aliphatic carbocycles. The number of carbonyl (C=O) groups is 1. The Balaban J connectivity index is 1.93. The van der Waals surface area contributed by atoms with E-state index in [-0.39, 0.29) is 17.0 Å². The lowest BCUT2D eigenvalue weighted by atomic mass is 9.67. The molecule has 0 amide bonds. The maximum atomic E-state index is 14.0. The van der Waals surface area contributed by atoms with E-state index in [9.17, 15) is 10.1 Å². The summed E-state index contributed by atoms with van der Waals surface area (Å²) >= 11 is 1.84. The number of thioether (sulfide) groups is 1. The van der Waals surface area contributed by atoms with Gasteiger partial charge in [0.25, 0.3) is 0 Å². The van der Waals surface area contributed by atoms with E-state index in [1.165, 1.54) is 12.8 Å². The number of carbonyl (C=O) groups excluding carboxylic acids is 1. The number of hydrogen-bond donors (Lipinski definition) is 0. The van der Waals surface area contributed by atoms with Crippen LogP contribution in [0.1, 0.15) is 51.2 Å². The lowest BCUT2D eigenvalue weighted by Gasteiger charge is -2.38. The van der Waals surface area contributed by atoms with Gasteiger partial charge in [0, 0.05) is 5.25 Å². The van der Waals surface area contributed by atoms with Crippen LogP contribution in [0.15, 0.2) is 60.7 Å². The fourth-order valence-corrected chi connectivity index (χ4v) is 7.32. The van der Waals surface area contributed by atoms with Crippen LogP contribution < -0.4 is 0 Å². The summed E-state index contributed by atoms with van der Waals surface area (Å²) in [7, 11) is 0. The van der Waals surface area contributed by atoms with Crippen molar-refractivity contribution in [1.29, 1.82) is 5.26 Å². The van der Waals surface area contributed by atoms with Gasteiger partial charge >= 0.3 is 0 Å². The average Bonchev–Trinajstić information content (AvgIpc) is 3.06. The highest BCUT2D eigenvalue weighted by molar-refractivity contribution is 8.00. The van der Waals surface area contributed by atoms with Gasteiger partial charge in [-0.1, -0.05) is 80.4 Å². The van der Waals surface area contributed by atoms with E-state index in [4.69, 9.17) is 0 Å². The summed E-state index contributed by atoms with van der Waals surface area (Å²) in [5, 5.41) is 10.2. The summed E-state index contributed by atoms with van der Waals surface area (Å²) < 4.78 is 0. The summed E-state index contributed by atoms with van der Waals surface area (Å²) in [6, 6.07) is 23.1. The maximum Gasteiger partial charge on any atom is 0.155 e.